The summed E-state index contributed by atoms with van der Waals surface area (Å²) in [6.45, 7) is 7.74. The van der Waals surface area contributed by atoms with Crippen molar-refractivity contribution >= 4 is 22.2 Å². The molecule has 3 nitrogen and oxygen atoms in total. The molecule has 0 fully saturated rings. The molecular weight excluding hydrogens is 292 g/mol. The average molecular weight is 316 g/mol. The van der Waals surface area contributed by atoms with E-state index in [1.165, 1.54) is 11.1 Å². The predicted molar refractivity (Wildman–Crippen MR) is 94.4 cm³/mol. The lowest BCUT2D eigenvalue weighted by atomic mass is 10.1. The highest BCUT2D eigenvalue weighted by molar-refractivity contribution is 7.14. The highest BCUT2D eigenvalue weighted by Crippen LogP contribution is 2.24. The van der Waals surface area contributed by atoms with Crippen LogP contribution in [0.25, 0.3) is 0 Å². The number of thiophene rings is 1. The third-order valence-electron chi connectivity index (χ3n) is 3.77. The Morgan fingerprint density at radius 1 is 1.27 bits per heavy atom. The maximum Gasteiger partial charge on any atom is 0.227 e. The van der Waals surface area contributed by atoms with Gasteiger partial charge in [0.2, 0.25) is 5.91 Å². The molecule has 1 aromatic carbocycles. The van der Waals surface area contributed by atoms with Crippen LogP contribution in [-0.4, -0.2) is 18.5 Å². The minimum absolute atomic E-state index is 0.134. The number of amides is 1. The molecule has 1 amide bonds. The van der Waals surface area contributed by atoms with E-state index in [2.05, 4.69) is 43.4 Å². The zero-order chi connectivity index (χ0) is 15.9. The molecule has 0 saturated heterocycles. The van der Waals surface area contributed by atoms with Gasteiger partial charge in [-0.25, -0.2) is 0 Å². The second-order valence-electron chi connectivity index (χ2n) is 5.47. The first-order valence-electron chi connectivity index (χ1n) is 7.74. The molecule has 22 heavy (non-hydrogen) atoms. The molecule has 1 N–H and O–H groups in total. The normalized spacial score (nSPS) is 12.1. The number of anilines is 1. The number of rotatable bonds is 7. The lowest BCUT2D eigenvalue weighted by Crippen LogP contribution is -2.43. The van der Waals surface area contributed by atoms with Crippen molar-refractivity contribution in [2.45, 2.75) is 39.8 Å². The van der Waals surface area contributed by atoms with Gasteiger partial charge < -0.3 is 5.32 Å². The third kappa shape index (κ3) is 4.18. The summed E-state index contributed by atoms with van der Waals surface area (Å²) in [5.74, 6) is 0.174. The summed E-state index contributed by atoms with van der Waals surface area (Å²) < 4.78 is 0. The van der Waals surface area contributed by atoms with E-state index in [0.29, 0.717) is 6.42 Å². The molecule has 0 saturated carbocycles. The van der Waals surface area contributed by atoms with E-state index in [1.807, 2.05) is 29.3 Å². The molecule has 4 heteroatoms. The van der Waals surface area contributed by atoms with Crippen molar-refractivity contribution in [1.29, 1.82) is 0 Å². The Bertz CT molecular complexity index is 595. The van der Waals surface area contributed by atoms with Crippen LogP contribution in [0, 0.1) is 6.92 Å². The second-order valence-corrected chi connectivity index (χ2v) is 6.40. The van der Waals surface area contributed by atoms with Gasteiger partial charge in [-0.15, -0.1) is 11.3 Å². The highest BCUT2D eigenvalue weighted by atomic mass is 32.1. The van der Waals surface area contributed by atoms with Gasteiger partial charge in [-0.3, -0.25) is 9.69 Å². The van der Waals surface area contributed by atoms with Crippen LogP contribution in [0.15, 0.2) is 41.8 Å². The van der Waals surface area contributed by atoms with Crippen molar-refractivity contribution in [3.8, 4) is 0 Å². The summed E-state index contributed by atoms with van der Waals surface area (Å²) >= 11 is 1.61. The molecule has 0 spiro atoms. The molecule has 1 aromatic heterocycles. The summed E-state index contributed by atoms with van der Waals surface area (Å²) in [7, 11) is 0. The van der Waals surface area contributed by atoms with Crippen LogP contribution in [0.2, 0.25) is 0 Å². The van der Waals surface area contributed by atoms with Crippen LogP contribution in [-0.2, 0) is 11.3 Å². The fourth-order valence-electron chi connectivity index (χ4n) is 2.48. The van der Waals surface area contributed by atoms with Crippen molar-refractivity contribution in [2.75, 3.05) is 11.4 Å². The smallest absolute Gasteiger partial charge is 0.227 e. The number of hydrogen-bond donors (Lipinski definition) is 1. The lowest BCUT2D eigenvalue weighted by molar-refractivity contribution is -0.118. The van der Waals surface area contributed by atoms with Crippen molar-refractivity contribution in [1.82, 2.24) is 5.32 Å². The van der Waals surface area contributed by atoms with Gasteiger partial charge in [0.1, 0.15) is 0 Å². The van der Waals surface area contributed by atoms with Gasteiger partial charge in [-0.2, -0.15) is 0 Å². The molecule has 1 atom stereocenters. The topological polar surface area (TPSA) is 32.3 Å². The number of carbonyl (C=O) groups is 1. The van der Waals surface area contributed by atoms with E-state index in [9.17, 15) is 4.79 Å². The molecule has 0 aliphatic rings. The van der Waals surface area contributed by atoms with Crippen LogP contribution >= 0.6 is 11.3 Å². The minimum Gasteiger partial charge on any atom is -0.311 e. The molecule has 2 rings (SSSR count). The molecule has 0 radical (unpaired) electrons. The summed E-state index contributed by atoms with van der Waals surface area (Å²) in [5, 5.41) is 6.51. The Morgan fingerprint density at radius 3 is 2.68 bits per heavy atom. The van der Waals surface area contributed by atoms with Gasteiger partial charge in [0, 0.05) is 25.6 Å². The Labute approximate surface area is 137 Å². The fourth-order valence-corrected chi connectivity index (χ4v) is 3.33. The van der Waals surface area contributed by atoms with E-state index >= 15 is 0 Å². The minimum atomic E-state index is 0.134. The quantitative estimate of drug-likeness (QED) is 0.838. The zero-order valence-electron chi connectivity index (χ0n) is 13.5. The molecular formula is C18H24N2OS. The average Bonchev–Trinajstić information content (AvgIpc) is 3.03. The van der Waals surface area contributed by atoms with E-state index < -0.39 is 0 Å². The van der Waals surface area contributed by atoms with Crippen LogP contribution < -0.4 is 10.2 Å². The molecule has 0 aliphatic heterocycles. The zero-order valence-corrected chi connectivity index (χ0v) is 14.3. The Balaban J connectivity index is 1.96. The number of aryl methyl sites for hydroxylation is 1. The van der Waals surface area contributed by atoms with E-state index in [4.69, 9.17) is 0 Å². The van der Waals surface area contributed by atoms with Crippen molar-refractivity contribution < 1.29 is 4.79 Å². The summed E-state index contributed by atoms with van der Waals surface area (Å²) in [6.07, 6.45) is 0.528. The number of nitrogens with zero attached hydrogens (tertiary/aromatic N) is 1. The first-order valence-corrected chi connectivity index (χ1v) is 8.62. The first-order chi connectivity index (χ1) is 10.6. The maximum absolute atomic E-state index is 12.2. The molecule has 118 valence electrons. The lowest BCUT2D eigenvalue weighted by Gasteiger charge is -2.28. The summed E-state index contributed by atoms with van der Waals surface area (Å²) in [6, 6.07) is 12.5. The monoisotopic (exact) mass is 316 g/mol. The van der Waals surface area contributed by atoms with Gasteiger partial charge in [0.05, 0.1) is 5.00 Å². The first kappa shape index (κ1) is 16.7. The van der Waals surface area contributed by atoms with Crippen molar-refractivity contribution in [3.63, 3.8) is 0 Å². The van der Waals surface area contributed by atoms with Gasteiger partial charge in [-0.1, -0.05) is 31.2 Å². The number of carbonyl (C=O) groups excluding carboxylic acids is 1. The number of hydrogen-bond acceptors (Lipinski definition) is 3. The number of nitrogens with one attached hydrogen (secondary N) is 1. The van der Waals surface area contributed by atoms with Gasteiger partial charge in [-0.05, 0) is 42.5 Å². The number of benzene rings is 1. The Kier molecular flexibility index (Phi) is 6.16. The van der Waals surface area contributed by atoms with E-state index in [-0.39, 0.29) is 11.9 Å². The Hall–Kier alpha value is -1.65. The summed E-state index contributed by atoms with van der Waals surface area (Å²) in [5.41, 5.74) is 2.60. The summed E-state index contributed by atoms with van der Waals surface area (Å²) in [4.78, 5) is 14.2. The highest BCUT2D eigenvalue weighted by Gasteiger charge is 2.21. The van der Waals surface area contributed by atoms with E-state index in [0.717, 1.165) is 18.1 Å². The molecule has 0 aliphatic carbocycles. The largest absolute Gasteiger partial charge is 0.311 e. The Morgan fingerprint density at radius 2 is 2.05 bits per heavy atom. The molecule has 1 heterocycles. The standard InChI is InChI=1S/C18H24N2OS/c1-4-17(21)20(18-10-7-11-22-18)15(3)12-19-13-16-9-6-5-8-14(16)2/h5-11,15,19H,4,12-13H2,1-3H3. The SMILES string of the molecule is CCC(=O)N(c1cccs1)C(C)CNCc1ccccc1C. The molecule has 2 aromatic rings. The van der Waals surface area contributed by atoms with Crippen LogP contribution in [0.3, 0.4) is 0 Å². The molecule has 0 bridgehead atoms. The van der Waals surface area contributed by atoms with Crippen molar-refractivity contribution in [3.05, 3.63) is 52.9 Å². The van der Waals surface area contributed by atoms with Crippen molar-refractivity contribution in [2.24, 2.45) is 0 Å². The van der Waals surface area contributed by atoms with E-state index in [1.54, 1.807) is 11.3 Å². The fraction of sp³-hybridized carbons (Fsp3) is 0.389. The van der Waals surface area contributed by atoms with Gasteiger partial charge in [0.15, 0.2) is 0 Å². The third-order valence-corrected chi connectivity index (χ3v) is 4.64. The van der Waals surface area contributed by atoms with Gasteiger partial charge >= 0.3 is 0 Å². The maximum atomic E-state index is 12.2. The van der Waals surface area contributed by atoms with Crippen LogP contribution in [0.4, 0.5) is 5.00 Å². The van der Waals surface area contributed by atoms with Crippen LogP contribution in [0.5, 0.6) is 0 Å². The predicted octanol–water partition coefficient (Wildman–Crippen LogP) is 3.98. The van der Waals surface area contributed by atoms with Crippen LogP contribution in [0.1, 0.15) is 31.4 Å². The second kappa shape index (κ2) is 8.11. The molecule has 1 unspecified atom stereocenters. The van der Waals surface area contributed by atoms with Gasteiger partial charge in [0.25, 0.3) is 0 Å².